The molecule has 0 radical (unpaired) electrons. The molecule has 1 aliphatic heterocycles. The molecule has 7 rings (SSSR count). The molecule has 0 saturated heterocycles. The minimum atomic E-state index is -1.20. The molecule has 12 heteroatoms. The first-order valence-electron chi connectivity index (χ1n) is 17.7. The molecule has 2 aromatic heterocycles. The van der Waals surface area contributed by atoms with Crippen LogP contribution in [0.5, 0.6) is 5.75 Å². The molecule has 3 aliphatic rings. The zero-order valence-electron chi connectivity index (χ0n) is 30.3. The first-order valence-corrected chi connectivity index (χ1v) is 18.5. The molecule has 3 heterocycles. The molecular formula is C40H46N6O5S. The van der Waals surface area contributed by atoms with Crippen LogP contribution in [0.25, 0.3) is 27.0 Å². The number of carbonyl (C=O) groups excluding carboxylic acids is 1. The van der Waals surface area contributed by atoms with E-state index in [0.717, 1.165) is 35.9 Å². The second-order valence-corrected chi connectivity index (χ2v) is 17.4. The van der Waals surface area contributed by atoms with Gasteiger partial charge in [-0.15, -0.1) is 0 Å². The first kappa shape index (κ1) is 35.6. The maximum atomic E-state index is 13.5. The fourth-order valence-corrected chi connectivity index (χ4v) is 10.6. The normalized spacial score (nSPS) is 25.7. The van der Waals surface area contributed by atoms with E-state index in [1.54, 1.807) is 35.2 Å². The lowest BCUT2D eigenvalue weighted by Crippen LogP contribution is -2.55. The molecule has 2 bridgehead atoms. The standard InChI is InChI=1S/C40H46N6O5S/c1-24(42-23-39(5)20-38(4)18-37(2,3)19-40(50,21-38)22-39)27(17-41)26-11-12-28(43-33(26)34(47)48)25-10-13-31-30(16-25)46(14-15-51-31)36(49)45-35-44-29-8-6-7-9-32(29)52-35/h6-13,16-17,50H,14-15,18-23,41H2,1-5H3,(H,47,48)(H,44,45,49). The number of hydrogen-bond donors (Lipinski definition) is 4. The highest BCUT2D eigenvalue weighted by molar-refractivity contribution is 7.22. The van der Waals surface area contributed by atoms with E-state index in [2.05, 4.69) is 43.0 Å². The van der Waals surface area contributed by atoms with Crippen LogP contribution in [0.3, 0.4) is 0 Å². The van der Waals surface area contributed by atoms with Crippen LogP contribution in [0.15, 0.2) is 65.8 Å². The van der Waals surface area contributed by atoms with E-state index in [1.807, 2.05) is 31.2 Å². The van der Waals surface area contributed by atoms with Crippen molar-refractivity contribution in [2.75, 3.05) is 29.9 Å². The Labute approximate surface area is 307 Å². The zero-order chi connectivity index (χ0) is 37.1. The summed E-state index contributed by atoms with van der Waals surface area (Å²) in [6, 6.07) is 16.1. The van der Waals surface area contributed by atoms with Crippen molar-refractivity contribution in [3.05, 3.63) is 72.1 Å². The van der Waals surface area contributed by atoms with Crippen molar-refractivity contribution in [3.63, 3.8) is 0 Å². The lowest BCUT2D eigenvalue weighted by molar-refractivity contribution is -0.158. The summed E-state index contributed by atoms with van der Waals surface area (Å²) < 4.78 is 6.84. The zero-order valence-corrected chi connectivity index (χ0v) is 31.1. The summed E-state index contributed by atoms with van der Waals surface area (Å²) in [4.78, 5) is 41.8. The highest BCUT2D eigenvalue weighted by Crippen LogP contribution is 2.61. The number of allylic oxidation sites excluding steroid dienone is 1. The Morgan fingerprint density at radius 2 is 1.83 bits per heavy atom. The highest BCUT2D eigenvalue weighted by Gasteiger charge is 2.56. The number of para-hydroxylation sites is 1. The number of aliphatic hydroxyl groups is 1. The Kier molecular flexibility index (Phi) is 8.89. The van der Waals surface area contributed by atoms with Crippen LogP contribution in [-0.4, -0.2) is 63.2 Å². The molecule has 11 nitrogen and oxygen atoms in total. The number of anilines is 2. The van der Waals surface area contributed by atoms with Crippen LogP contribution in [0.2, 0.25) is 0 Å². The van der Waals surface area contributed by atoms with E-state index < -0.39 is 11.6 Å². The van der Waals surface area contributed by atoms with Crippen molar-refractivity contribution in [2.45, 2.75) is 72.3 Å². The number of thiazole rings is 1. The number of fused-ring (bicyclic) bond motifs is 4. The van der Waals surface area contributed by atoms with Gasteiger partial charge in [0.05, 0.1) is 33.7 Å². The van der Waals surface area contributed by atoms with Crippen molar-refractivity contribution in [1.82, 2.24) is 9.97 Å². The molecule has 2 aliphatic carbocycles. The Morgan fingerprint density at radius 1 is 1.04 bits per heavy atom. The molecule has 3 unspecified atom stereocenters. The number of carboxylic acids is 1. The van der Waals surface area contributed by atoms with Gasteiger partial charge in [-0.2, -0.15) is 0 Å². The largest absolute Gasteiger partial charge is 0.490 e. The quantitative estimate of drug-likeness (QED) is 0.140. The average Bonchev–Trinajstić information content (AvgIpc) is 3.47. The minimum Gasteiger partial charge on any atom is -0.490 e. The SMILES string of the molecule is CC(=NCC1(C)CC2(C)CC(C)(C)CC(O)(C1)C2)C(=CN)c1ccc(-c2ccc3c(c2)N(C(=O)Nc2nc4ccccc4s2)CCO3)nc1C(=O)O. The summed E-state index contributed by atoms with van der Waals surface area (Å²) >= 11 is 1.40. The fraction of sp³-hybridized carbons (Fsp3) is 0.425. The van der Waals surface area contributed by atoms with E-state index in [9.17, 15) is 19.8 Å². The molecule has 3 atom stereocenters. The van der Waals surface area contributed by atoms with Gasteiger partial charge >= 0.3 is 12.0 Å². The third-order valence-electron chi connectivity index (χ3n) is 10.6. The van der Waals surface area contributed by atoms with E-state index in [4.69, 9.17) is 15.5 Å². The first-order chi connectivity index (χ1) is 24.6. The van der Waals surface area contributed by atoms with E-state index in [1.165, 1.54) is 17.5 Å². The van der Waals surface area contributed by atoms with Crippen LogP contribution in [0.1, 0.15) is 82.8 Å². The van der Waals surface area contributed by atoms with Crippen molar-refractivity contribution in [3.8, 4) is 17.0 Å². The Balaban J connectivity index is 1.13. The number of hydrogen-bond acceptors (Lipinski definition) is 9. The van der Waals surface area contributed by atoms with Crippen LogP contribution in [0.4, 0.5) is 15.6 Å². The molecule has 272 valence electrons. The number of amides is 2. The van der Waals surface area contributed by atoms with Gasteiger partial charge < -0.3 is 20.7 Å². The lowest BCUT2D eigenvalue weighted by Gasteiger charge is -2.59. The number of pyridine rings is 1. The second kappa shape index (κ2) is 13.0. The minimum absolute atomic E-state index is 0.0236. The van der Waals surface area contributed by atoms with Gasteiger partial charge in [0.25, 0.3) is 0 Å². The molecular weight excluding hydrogens is 677 g/mol. The number of nitrogens with zero attached hydrogens (tertiary/aromatic N) is 4. The van der Waals surface area contributed by atoms with E-state index in [0.29, 0.717) is 70.8 Å². The molecule has 52 heavy (non-hydrogen) atoms. The molecule has 2 amide bonds. The van der Waals surface area contributed by atoms with Gasteiger partial charge in [0, 0.05) is 35.2 Å². The number of urea groups is 1. The highest BCUT2D eigenvalue weighted by atomic mass is 32.1. The van der Waals surface area contributed by atoms with Gasteiger partial charge in [0.2, 0.25) is 0 Å². The van der Waals surface area contributed by atoms with Gasteiger partial charge in [0.1, 0.15) is 12.4 Å². The number of nitrogens with one attached hydrogen (secondary N) is 1. The second-order valence-electron chi connectivity index (χ2n) is 16.4. The summed E-state index contributed by atoms with van der Waals surface area (Å²) in [5, 5.41) is 25.4. The third-order valence-corrected chi connectivity index (χ3v) is 11.5. The topological polar surface area (TPSA) is 163 Å². The average molecular weight is 723 g/mol. The number of carboxylic acid groups (broad SMARTS) is 1. The lowest BCUT2D eigenvalue weighted by atomic mass is 9.48. The third kappa shape index (κ3) is 7.01. The van der Waals surface area contributed by atoms with Crippen LogP contribution in [0, 0.1) is 16.2 Å². The van der Waals surface area contributed by atoms with Crippen LogP contribution >= 0.6 is 11.3 Å². The number of aliphatic imine (C=N–C) groups is 1. The Bertz CT molecular complexity index is 2080. The van der Waals surface area contributed by atoms with Gasteiger partial charge in [-0.1, -0.05) is 51.2 Å². The summed E-state index contributed by atoms with van der Waals surface area (Å²) in [7, 11) is 0. The number of aromatic nitrogens is 2. The molecule has 2 saturated carbocycles. The number of ether oxygens (including phenoxy) is 1. The Morgan fingerprint density at radius 3 is 2.56 bits per heavy atom. The van der Waals surface area contributed by atoms with Crippen LogP contribution < -0.4 is 20.7 Å². The summed E-state index contributed by atoms with van der Waals surface area (Å²) in [5.74, 6) is -0.670. The number of carbonyl (C=O) groups is 2. The predicted octanol–water partition coefficient (Wildman–Crippen LogP) is 8.00. The number of aromatic carboxylic acids is 1. The van der Waals surface area contributed by atoms with Crippen LogP contribution in [-0.2, 0) is 0 Å². The van der Waals surface area contributed by atoms with Gasteiger partial charge in [-0.05, 0) is 97.7 Å². The summed E-state index contributed by atoms with van der Waals surface area (Å²) in [5.41, 5.74) is 8.98. The Hall–Kier alpha value is -4.81. The molecule has 0 spiro atoms. The number of rotatable bonds is 7. The summed E-state index contributed by atoms with van der Waals surface area (Å²) in [6.45, 7) is 11.9. The van der Waals surface area contributed by atoms with Crippen molar-refractivity contribution in [2.24, 2.45) is 27.0 Å². The van der Waals surface area contributed by atoms with Crippen molar-refractivity contribution < 1.29 is 24.5 Å². The molecule has 2 fully saturated rings. The fourth-order valence-electron chi connectivity index (χ4n) is 9.75. The van der Waals surface area contributed by atoms with E-state index in [-0.39, 0.29) is 28.0 Å². The predicted molar refractivity (Wildman–Crippen MR) is 206 cm³/mol. The van der Waals surface area contributed by atoms with Gasteiger partial charge in [-0.3, -0.25) is 15.2 Å². The number of nitrogens with two attached hydrogens (primary N) is 1. The maximum Gasteiger partial charge on any atom is 0.355 e. The van der Waals surface area contributed by atoms with Crippen molar-refractivity contribution >= 4 is 55.7 Å². The maximum absolute atomic E-state index is 13.5. The summed E-state index contributed by atoms with van der Waals surface area (Å²) in [6.07, 6.45) is 5.64. The molecule has 2 aromatic carbocycles. The van der Waals surface area contributed by atoms with Crippen molar-refractivity contribution in [1.29, 1.82) is 0 Å². The molecule has 5 N–H and O–H groups in total. The van der Waals surface area contributed by atoms with Gasteiger partial charge in [-0.25, -0.2) is 19.6 Å². The smallest absolute Gasteiger partial charge is 0.355 e. The molecule has 4 aromatic rings. The monoisotopic (exact) mass is 722 g/mol. The number of benzene rings is 2. The van der Waals surface area contributed by atoms with E-state index >= 15 is 0 Å². The van der Waals surface area contributed by atoms with Gasteiger partial charge in [0.15, 0.2) is 10.8 Å².